The zero-order chi connectivity index (χ0) is 25.2. The highest BCUT2D eigenvalue weighted by Gasteiger charge is 2.40. The predicted molar refractivity (Wildman–Crippen MR) is 131 cm³/mol. The van der Waals surface area contributed by atoms with Crippen LogP contribution in [-0.4, -0.2) is 70.5 Å². The molecule has 4 amide bonds. The molecule has 0 spiro atoms. The van der Waals surface area contributed by atoms with Crippen LogP contribution in [0.5, 0.6) is 5.75 Å². The number of ether oxygens (including phenoxy) is 1. The highest BCUT2D eigenvalue weighted by atomic mass is 16.5. The molecule has 3 aliphatic heterocycles. The number of nitrogens with one attached hydrogen (secondary N) is 1. The van der Waals surface area contributed by atoms with Crippen LogP contribution in [0.25, 0.3) is 0 Å². The van der Waals surface area contributed by atoms with E-state index in [2.05, 4.69) is 22.3 Å². The Morgan fingerprint density at radius 2 is 1.72 bits per heavy atom. The van der Waals surface area contributed by atoms with E-state index in [-0.39, 0.29) is 30.7 Å². The summed E-state index contributed by atoms with van der Waals surface area (Å²) in [7, 11) is 0. The number of carbonyl (C=O) groups excluding carboxylic acids is 4. The fourth-order valence-corrected chi connectivity index (χ4v) is 5.07. The Kier molecular flexibility index (Phi) is 6.73. The van der Waals surface area contributed by atoms with E-state index in [0.717, 1.165) is 43.9 Å². The van der Waals surface area contributed by atoms with E-state index < -0.39 is 11.9 Å². The number of fused-ring (bicyclic) bond motifs is 1. The first-order valence-corrected chi connectivity index (χ1v) is 12.3. The third-order valence-corrected chi connectivity index (χ3v) is 7.18. The van der Waals surface area contributed by atoms with Crippen molar-refractivity contribution in [1.29, 1.82) is 0 Å². The molecule has 0 aromatic heterocycles. The fourth-order valence-electron chi connectivity index (χ4n) is 5.07. The highest BCUT2D eigenvalue weighted by Crippen LogP contribution is 2.34. The predicted octanol–water partition coefficient (Wildman–Crippen LogP) is 1.69. The second-order valence-corrected chi connectivity index (χ2v) is 9.57. The van der Waals surface area contributed by atoms with Gasteiger partial charge in [0.1, 0.15) is 18.4 Å². The summed E-state index contributed by atoms with van der Waals surface area (Å²) >= 11 is 0. The lowest BCUT2D eigenvalue weighted by Gasteiger charge is -2.34. The summed E-state index contributed by atoms with van der Waals surface area (Å²) in [4.78, 5) is 54.1. The molecule has 9 nitrogen and oxygen atoms in total. The zero-order valence-electron chi connectivity index (χ0n) is 20.4. The third-order valence-electron chi connectivity index (χ3n) is 7.18. The molecule has 2 aromatic rings. The molecule has 2 aromatic carbocycles. The number of benzene rings is 2. The Morgan fingerprint density at radius 3 is 2.42 bits per heavy atom. The van der Waals surface area contributed by atoms with E-state index in [1.165, 1.54) is 10.5 Å². The lowest BCUT2D eigenvalue weighted by atomic mass is 10.0. The molecular weight excluding hydrogens is 460 g/mol. The van der Waals surface area contributed by atoms with Crippen LogP contribution in [0.3, 0.4) is 0 Å². The van der Waals surface area contributed by atoms with E-state index in [4.69, 9.17) is 4.74 Å². The number of hydrogen-bond acceptors (Lipinski definition) is 6. The molecule has 5 rings (SSSR count). The summed E-state index contributed by atoms with van der Waals surface area (Å²) in [6.07, 6.45) is 0.559. The summed E-state index contributed by atoms with van der Waals surface area (Å²) in [5.41, 5.74) is 3.54. The van der Waals surface area contributed by atoms with Crippen molar-refractivity contribution in [3.05, 3.63) is 64.7 Å². The molecule has 2 saturated heterocycles. The van der Waals surface area contributed by atoms with Gasteiger partial charge in [0.25, 0.3) is 5.91 Å². The van der Waals surface area contributed by atoms with Crippen molar-refractivity contribution in [2.75, 3.05) is 26.2 Å². The number of imide groups is 1. The second-order valence-electron chi connectivity index (χ2n) is 9.57. The van der Waals surface area contributed by atoms with Gasteiger partial charge in [0.15, 0.2) is 0 Å². The van der Waals surface area contributed by atoms with E-state index in [1.807, 2.05) is 23.1 Å². The first-order chi connectivity index (χ1) is 17.4. The zero-order valence-corrected chi connectivity index (χ0v) is 20.4. The third kappa shape index (κ3) is 4.97. The quantitative estimate of drug-likeness (QED) is 0.619. The average molecular weight is 491 g/mol. The van der Waals surface area contributed by atoms with Gasteiger partial charge < -0.3 is 14.5 Å². The molecular formula is C27H30N4O5. The van der Waals surface area contributed by atoms with Crippen LogP contribution in [-0.2, 0) is 34.1 Å². The molecule has 1 atom stereocenters. The smallest absolute Gasteiger partial charge is 0.255 e. The molecule has 0 radical (unpaired) electrons. The molecule has 0 aliphatic carbocycles. The summed E-state index contributed by atoms with van der Waals surface area (Å²) in [6.45, 7) is 6.39. The van der Waals surface area contributed by atoms with Gasteiger partial charge in [0.05, 0.1) is 6.54 Å². The number of rotatable bonds is 6. The van der Waals surface area contributed by atoms with Crippen LogP contribution in [0, 0.1) is 0 Å². The first kappa shape index (κ1) is 24.0. The SMILES string of the molecule is CC(=O)N1CCN(Cc2ccc(COc3cccc4c3CN(C3CCC(=O)NC3=O)C4=O)cc2)CC1. The number of piperazine rings is 1. The van der Waals surface area contributed by atoms with Crippen molar-refractivity contribution >= 4 is 23.6 Å². The topological polar surface area (TPSA) is 99.3 Å². The minimum atomic E-state index is -0.645. The van der Waals surface area contributed by atoms with Gasteiger partial charge in [-0.15, -0.1) is 0 Å². The van der Waals surface area contributed by atoms with Crippen LogP contribution in [0.2, 0.25) is 0 Å². The molecule has 188 valence electrons. The molecule has 9 heteroatoms. The van der Waals surface area contributed by atoms with Gasteiger partial charge in [-0.2, -0.15) is 0 Å². The highest BCUT2D eigenvalue weighted by molar-refractivity contribution is 6.05. The lowest BCUT2D eigenvalue weighted by Crippen LogP contribution is -2.52. The summed E-state index contributed by atoms with van der Waals surface area (Å²) < 4.78 is 6.11. The van der Waals surface area contributed by atoms with Crippen molar-refractivity contribution in [1.82, 2.24) is 20.0 Å². The maximum Gasteiger partial charge on any atom is 0.255 e. The molecule has 36 heavy (non-hydrogen) atoms. The Hall–Kier alpha value is -3.72. The van der Waals surface area contributed by atoms with Crippen molar-refractivity contribution in [2.45, 2.75) is 45.5 Å². The van der Waals surface area contributed by atoms with Gasteiger partial charge in [-0.3, -0.25) is 29.4 Å². The van der Waals surface area contributed by atoms with Crippen LogP contribution in [0.4, 0.5) is 0 Å². The monoisotopic (exact) mass is 490 g/mol. The second kappa shape index (κ2) is 10.1. The van der Waals surface area contributed by atoms with E-state index >= 15 is 0 Å². The Labute approximate surface area is 210 Å². The van der Waals surface area contributed by atoms with Gasteiger partial charge in [-0.1, -0.05) is 30.3 Å². The van der Waals surface area contributed by atoms with E-state index in [1.54, 1.807) is 19.1 Å². The van der Waals surface area contributed by atoms with Gasteiger partial charge in [0, 0.05) is 57.2 Å². The van der Waals surface area contributed by atoms with Gasteiger partial charge in [-0.25, -0.2) is 0 Å². The van der Waals surface area contributed by atoms with Crippen molar-refractivity contribution in [3.63, 3.8) is 0 Å². The first-order valence-electron chi connectivity index (χ1n) is 12.3. The molecule has 3 aliphatic rings. The summed E-state index contributed by atoms with van der Waals surface area (Å²) in [6, 6.07) is 13.0. The molecule has 1 N–H and O–H groups in total. The maximum atomic E-state index is 13.0. The Bertz CT molecular complexity index is 1190. The number of piperidine rings is 1. The average Bonchev–Trinajstić information content (AvgIpc) is 3.21. The molecule has 0 saturated carbocycles. The molecule has 3 heterocycles. The van der Waals surface area contributed by atoms with Crippen LogP contribution in [0.1, 0.15) is 46.8 Å². The lowest BCUT2D eigenvalue weighted by molar-refractivity contribution is -0.137. The van der Waals surface area contributed by atoms with E-state index in [9.17, 15) is 19.2 Å². The van der Waals surface area contributed by atoms with Gasteiger partial charge in [-0.05, 0) is 29.7 Å². The molecule has 1 unspecified atom stereocenters. The van der Waals surface area contributed by atoms with Crippen LogP contribution in [0.15, 0.2) is 42.5 Å². The van der Waals surface area contributed by atoms with E-state index in [0.29, 0.717) is 24.3 Å². The van der Waals surface area contributed by atoms with Crippen LogP contribution < -0.4 is 10.1 Å². The van der Waals surface area contributed by atoms with Crippen molar-refractivity contribution in [2.24, 2.45) is 0 Å². The Morgan fingerprint density at radius 1 is 1.00 bits per heavy atom. The number of nitrogens with zero attached hydrogens (tertiary/aromatic N) is 3. The molecule has 2 fully saturated rings. The maximum absolute atomic E-state index is 13.0. The van der Waals surface area contributed by atoms with Crippen molar-refractivity contribution < 1.29 is 23.9 Å². The summed E-state index contributed by atoms with van der Waals surface area (Å²) in [5, 5.41) is 2.33. The molecule has 0 bridgehead atoms. The summed E-state index contributed by atoms with van der Waals surface area (Å²) in [5.74, 6) is -0.167. The normalized spacial score (nSPS) is 20.4. The standard InChI is InChI=1S/C27H30N4O5/c1-18(32)30-13-11-29(12-14-30)15-19-5-7-20(8-6-19)17-36-24-4-2-3-21-22(24)16-31(27(21)35)23-9-10-25(33)28-26(23)34/h2-8,23H,9-17H2,1H3,(H,28,33,34). The minimum Gasteiger partial charge on any atom is -0.489 e. The number of carbonyl (C=O) groups is 4. The van der Waals surface area contributed by atoms with Gasteiger partial charge >= 0.3 is 0 Å². The fraction of sp³-hybridized carbons (Fsp3) is 0.407. The number of hydrogen-bond donors (Lipinski definition) is 1. The minimum absolute atomic E-state index is 0.135. The van der Waals surface area contributed by atoms with Crippen molar-refractivity contribution in [3.8, 4) is 5.75 Å². The van der Waals surface area contributed by atoms with Crippen LogP contribution >= 0.6 is 0 Å². The van der Waals surface area contributed by atoms with Gasteiger partial charge in [0.2, 0.25) is 17.7 Å². The Balaban J connectivity index is 1.18. The largest absolute Gasteiger partial charge is 0.489 e. The number of amides is 4.